The smallest absolute Gasteiger partial charge is 0.0367 e. The van der Waals surface area contributed by atoms with Crippen molar-refractivity contribution < 1.29 is 0 Å². The van der Waals surface area contributed by atoms with Crippen molar-refractivity contribution >= 4 is 38.6 Å². The fourth-order valence-electron chi connectivity index (χ4n) is 3.65. The van der Waals surface area contributed by atoms with Gasteiger partial charge in [0.05, 0.1) is 0 Å². The first-order chi connectivity index (χ1) is 12.9. The van der Waals surface area contributed by atoms with Crippen LogP contribution in [-0.4, -0.2) is 28.2 Å². The van der Waals surface area contributed by atoms with Crippen LogP contribution in [0.1, 0.15) is 0 Å². The zero-order valence-electron chi connectivity index (χ0n) is 16.3. The molecule has 0 aliphatic heterocycles. The third-order valence-electron chi connectivity index (χ3n) is 5.15. The van der Waals surface area contributed by atoms with Crippen molar-refractivity contribution in [1.29, 1.82) is 0 Å². The van der Waals surface area contributed by atoms with E-state index in [9.17, 15) is 0 Å². The molecule has 3 heteroatoms. The number of hydrogen-bond donors (Lipinski definition) is 1. The van der Waals surface area contributed by atoms with Crippen LogP contribution in [0.3, 0.4) is 0 Å². The molecule has 0 unspecified atom stereocenters. The molecular formula is C24H25N3. The molecule has 0 saturated carbocycles. The van der Waals surface area contributed by atoms with E-state index < -0.39 is 0 Å². The summed E-state index contributed by atoms with van der Waals surface area (Å²) in [4.78, 5) is 4.25. The molecule has 0 spiro atoms. The second kappa shape index (κ2) is 6.51. The maximum Gasteiger partial charge on any atom is 0.0367 e. The van der Waals surface area contributed by atoms with Crippen LogP contribution in [0.5, 0.6) is 0 Å². The fourth-order valence-corrected chi connectivity index (χ4v) is 3.65. The average molecular weight is 355 g/mol. The van der Waals surface area contributed by atoms with Crippen LogP contribution in [0.4, 0.5) is 17.1 Å². The molecule has 2 N–H and O–H groups in total. The number of nitrogens with zero attached hydrogens (tertiary/aromatic N) is 2. The van der Waals surface area contributed by atoms with E-state index in [-0.39, 0.29) is 0 Å². The van der Waals surface area contributed by atoms with E-state index in [1.54, 1.807) is 0 Å². The van der Waals surface area contributed by atoms with Crippen molar-refractivity contribution in [1.82, 2.24) is 0 Å². The lowest BCUT2D eigenvalue weighted by atomic mass is 9.91. The first kappa shape index (κ1) is 17.2. The zero-order chi connectivity index (χ0) is 19.1. The summed E-state index contributed by atoms with van der Waals surface area (Å²) in [6, 6.07) is 23.9. The lowest BCUT2D eigenvalue weighted by molar-refractivity contribution is 1.13. The average Bonchev–Trinajstić information content (AvgIpc) is 2.65. The molecule has 0 atom stereocenters. The Kier molecular flexibility index (Phi) is 4.15. The minimum absolute atomic E-state index is 0.791. The number of benzene rings is 4. The molecule has 3 nitrogen and oxygen atoms in total. The van der Waals surface area contributed by atoms with E-state index in [1.165, 1.54) is 44.0 Å². The van der Waals surface area contributed by atoms with Crippen molar-refractivity contribution in [2.24, 2.45) is 0 Å². The van der Waals surface area contributed by atoms with E-state index in [4.69, 9.17) is 5.73 Å². The summed E-state index contributed by atoms with van der Waals surface area (Å²) >= 11 is 0. The Balaban J connectivity index is 2.05. The Bertz CT molecular complexity index is 1130. The zero-order valence-corrected chi connectivity index (χ0v) is 16.3. The summed E-state index contributed by atoms with van der Waals surface area (Å²) < 4.78 is 0. The van der Waals surface area contributed by atoms with Gasteiger partial charge in [0.25, 0.3) is 0 Å². The number of nitrogens with two attached hydrogens (primary N) is 1. The minimum Gasteiger partial charge on any atom is -0.399 e. The number of hydrogen-bond acceptors (Lipinski definition) is 3. The molecule has 0 bridgehead atoms. The molecular weight excluding hydrogens is 330 g/mol. The molecule has 136 valence electrons. The quantitative estimate of drug-likeness (QED) is 0.396. The van der Waals surface area contributed by atoms with E-state index in [2.05, 4.69) is 98.7 Å². The van der Waals surface area contributed by atoms with Gasteiger partial charge in [0.1, 0.15) is 0 Å². The van der Waals surface area contributed by atoms with E-state index >= 15 is 0 Å². The van der Waals surface area contributed by atoms with Crippen molar-refractivity contribution in [2.75, 3.05) is 43.7 Å². The summed E-state index contributed by atoms with van der Waals surface area (Å²) in [6.45, 7) is 0. The second-order valence-corrected chi connectivity index (χ2v) is 7.47. The van der Waals surface area contributed by atoms with Crippen molar-refractivity contribution in [3.63, 3.8) is 0 Å². The molecule has 4 aromatic carbocycles. The molecule has 0 heterocycles. The maximum atomic E-state index is 6.07. The van der Waals surface area contributed by atoms with Crippen LogP contribution in [0.25, 0.3) is 32.7 Å². The van der Waals surface area contributed by atoms with E-state index in [0.29, 0.717) is 0 Å². The van der Waals surface area contributed by atoms with Gasteiger partial charge in [-0.15, -0.1) is 0 Å². The molecule has 4 rings (SSSR count). The number of fused-ring (bicyclic) bond motifs is 2. The second-order valence-electron chi connectivity index (χ2n) is 7.47. The van der Waals surface area contributed by atoms with Crippen LogP contribution in [0.15, 0.2) is 66.7 Å². The summed E-state index contributed by atoms with van der Waals surface area (Å²) in [5.74, 6) is 0. The molecule has 4 aromatic rings. The summed E-state index contributed by atoms with van der Waals surface area (Å²) in [5, 5.41) is 4.89. The SMILES string of the molecule is CN(C)c1ccc(-c2c3ccc(N)cc3cc3cc(N(C)C)ccc23)cc1. The van der Waals surface area contributed by atoms with Crippen LogP contribution in [0, 0.1) is 0 Å². The number of rotatable bonds is 3. The molecule has 0 saturated heterocycles. The van der Waals surface area contributed by atoms with Gasteiger partial charge in [-0.05, 0) is 75.1 Å². The lowest BCUT2D eigenvalue weighted by Gasteiger charge is -2.17. The minimum atomic E-state index is 0.791. The standard InChI is InChI=1S/C24H25N3/c1-26(2)20-8-5-16(6-9-20)24-22-11-7-19(25)14-17(22)13-18-15-21(27(3)4)10-12-23(18)24/h5-15H,25H2,1-4H3. The Morgan fingerprint density at radius 3 is 1.78 bits per heavy atom. The molecule has 0 aromatic heterocycles. The van der Waals surface area contributed by atoms with Gasteiger partial charge in [-0.2, -0.15) is 0 Å². The Morgan fingerprint density at radius 1 is 0.593 bits per heavy atom. The van der Waals surface area contributed by atoms with Gasteiger partial charge in [0, 0.05) is 45.3 Å². The van der Waals surface area contributed by atoms with Gasteiger partial charge in [0.2, 0.25) is 0 Å². The molecule has 0 aliphatic rings. The summed E-state index contributed by atoms with van der Waals surface area (Å²) in [6.07, 6.45) is 0. The van der Waals surface area contributed by atoms with Gasteiger partial charge < -0.3 is 15.5 Å². The summed E-state index contributed by atoms with van der Waals surface area (Å²) in [5.41, 5.74) is 11.7. The highest BCUT2D eigenvalue weighted by molar-refractivity contribution is 6.13. The van der Waals surface area contributed by atoms with Crippen LogP contribution in [-0.2, 0) is 0 Å². The predicted octanol–water partition coefficient (Wildman–Crippen LogP) is 5.37. The summed E-state index contributed by atoms with van der Waals surface area (Å²) in [7, 11) is 8.27. The number of anilines is 3. The predicted molar refractivity (Wildman–Crippen MR) is 120 cm³/mol. The van der Waals surface area contributed by atoms with Gasteiger partial charge in [-0.3, -0.25) is 0 Å². The van der Waals surface area contributed by atoms with Crippen LogP contribution >= 0.6 is 0 Å². The van der Waals surface area contributed by atoms with E-state index in [0.717, 1.165) is 5.69 Å². The highest BCUT2D eigenvalue weighted by atomic mass is 15.1. The van der Waals surface area contributed by atoms with Gasteiger partial charge >= 0.3 is 0 Å². The fraction of sp³-hybridized carbons (Fsp3) is 0.167. The normalized spacial score (nSPS) is 11.1. The Labute approximate surface area is 160 Å². The largest absolute Gasteiger partial charge is 0.399 e. The van der Waals surface area contributed by atoms with Gasteiger partial charge in [-0.1, -0.05) is 24.3 Å². The molecule has 0 aliphatic carbocycles. The van der Waals surface area contributed by atoms with Crippen molar-refractivity contribution in [3.05, 3.63) is 66.7 Å². The Hall–Kier alpha value is -3.20. The molecule has 27 heavy (non-hydrogen) atoms. The highest BCUT2D eigenvalue weighted by Gasteiger charge is 2.12. The maximum absolute atomic E-state index is 6.07. The Morgan fingerprint density at radius 2 is 1.15 bits per heavy atom. The first-order valence-electron chi connectivity index (χ1n) is 9.15. The van der Waals surface area contributed by atoms with Gasteiger partial charge in [-0.25, -0.2) is 0 Å². The third kappa shape index (κ3) is 3.06. The molecule has 0 radical (unpaired) electrons. The van der Waals surface area contributed by atoms with Crippen molar-refractivity contribution in [3.8, 4) is 11.1 Å². The molecule has 0 amide bonds. The topological polar surface area (TPSA) is 32.5 Å². The third-order valence-corrected chi connectivity index (χ3v) is 5.15. The number of nitrogen functional groups attached to an aromatic ring is 1. The highest BCUT2D eigenvalue weighted by Crippen LogP contribution is 2.38. The lowest BCUT2D eigenvalue weighted by Crippen LogP contribution is -2.08. The monoisotopic (exact) mass is 355 g/mol. The first-order valence-corrected chi connectivity index (χ1v) is 9.15. The van der Waals surface area contributed by atoms with Crippen LogP contribution < -0.4 is 15.5 Å². The van der Waals surface area contributed by atoms with Crippen LogP contribution in [0.2, 0.25) is 0 Å². The van der Waals surface area contributed by atoms with E-state index in [1.807, 2.05) is 6.07 Å². The van der Waals surface area contributed by atoms with Gasteiger partial charge in [0.15, 0.2) is 0 Å². The molecule has 0 fully saturated rings. The van der Waals surface area contributed by atoms with Crippen molar-refractivity contribution in [2.45, 2.75) is 0 Å².